The lowest BCUT2D eigenvalue weighted by atomic mass is 10.2. The van der Waals surface area contributed by atoms with Gasteiger partial charge in [0.25, 0.3) is 0 Å². The smallest absolute Gasteiger partial charge is 0.234 e. The van der Waals surface area contributed by atoms with Crippen molar-refractivity contribution in [1.29, 1.82) is 0 Å². The first kappa shape index (κ1) is 11.7. The number of anilines is 1. The summed E-state index contributed by atoms with van der Waals surface area (Å²) in [6, 6.07) is 10.0. The number of nitrogens with one attached hydrogen (secondary N) is 1. The van der Waals surface area contributed by atoms with E-state index < -0.39 is 0 Å². The Morgan fingerprint density at radius 1 is 1.35 bits per heavy atom. The second-order valence-electron chi connectivity index (χ2n) is 3.62. The molecule has 0 aliphatic carbocycles. The third-order valence-corrected chi connectivity index (χ3v) is 2.54. The van der Waals surface area contributed by atoms with E-state index in [0.717, 1.165) is 0 Å². The van der Waals surface area contributed by atoms with Crippen LogP contribution in [0.3, 0.4) is 0 Å². The minimum Gasteiger partial charge on any atom is -0.323 e. The van der Waals surface area contributed by atoms with Crippen molar-refractivity contribution < 1.29 is 4.79 Å². The summed E-state index contributed by atoms with van der Waals surface area (Å²) in [6.07, 6.45) is 3.43. The van der Waals surface area contributed by atoms with Crippen molar-refractivity contribution in [3.05, 3.63) is 48.3 Å². The van der Waals surface area contributed by atoms with Gasteiger partial charge in [-0.25, -0.2) is 0 Å². The van der Waals surface area contributed by atoms with Crippen molar-refractivity contribution in [2.45, 2.75) is 6.54 Å². The Bertz CT molecular complexity index is 495. The third-order valence-electron chi connectivity index (χ3n) is 2.25. The summed E-state index contributed by atoms with van der Waals surface area (Å²) in [5, 5.41) is 6.87. The second kappa shape index (κ2) is 5.54. The molecule has 0 saturated heterocycles. The molecule has 0 unspecified atom stereocenters. The number of carbonyl (C=O) groups is 1. The Hall–Kier alpha value is -1.75. The van der Waals surface area contributed by atoms with Gasteiger partial charge in [-0.15, -0.1) is 0 Å². The van der Waals surface area contributed by atoms with Gasteiger partial charge >= 0.3 is 0 Å². The normalized spacial score (nSPS) is 10.2. The summed E-state index contributed by atoms with van der Waals surface area (Å²) in [5.41, 5.74) is 1.86. The first-order chi connectivity index (χ1) is 8.28. The molecule has 5 heteroatoms. The predicted octanol–water partition coefficient (Wildman–Crippen LogP) is 1.80. The molecule has 0 bridgehead atoms. The van der Waals surface area contributed by atoms with Gasteiger partial charge in [0, 0.05) is 6.20 Å². The number of thiol groups is 1. The molecule has 0 spiro atoms. The van der Waals surface area contributed by atoms with E-state index in [0.29, 0.717) is 12.2 Å². The van der Waals surface area contributed by atoms with E-state index in [2.05, 4.69) is 23.0 Å². The van der Waals surface area contributed by atoms with Crippen molar-refractivity contribution in [2.24, 2.45) is 0 Å². The van der Waals surface area contributed by atoms with Crippen LogP contribution in [0.2, 0.25) is 0 Å². The van der Waals surface area contributed by atoms with Crippen LogP contribution in [0.25, 0.3) is 0 Å². The number of aromatic nitrogens is 2. The quantitative estimate of drug-likeness (QED) is 0.809. The van der Waals surface area contributed by atoms with Crippen molar-refractivity contribution in [3.63, 3.8) is 0 Å². The summed E-state index contributed by atoms with van der Waals surface area (Å²) in [4.78, 5) is 11.1. The molecule has 2 rings (SSSR count). The van der Waals surface area contributed by atoms with Crippen LogP contribution in [0.1, 0.15) is 5.56 Å². The van der Waals surface area contributed by atoms with E-state index in [1.807, 2.05) is 30.3 Å². The molecule has 0 aliphatic heterocycles. The van der Waals surface area contributed by atoms with E-state index >= 15 is 0 Å². The molecular weight excluding hydrogens is 234 g/mol. The van der Waals surface area contributed by atoms with Crippen LogP contribution in [0.4, 0.5) is 5.69 Å². The monoisotopic (exact) mass is 247 g/mol. The average molecular weight is 247 g/mol. The number of hydrogen-bond acceptors (Lipinski definition) is 3. The van der Waals surface area contributed by atoms with Crippen molar-refractivity contribution in [2.75, 3.05) is 11.1 Å². The Morgan fingerprint density at radius 2 is 2.12 bits per heavy atom. The molecule has 17 heavy (non-hydrogen) atoms. The third kappa shape index (κ3) is 3.35. The second-order valence-corrected chi connectivity index (χ2v) is 3.93. The van der Waals surface area contributed by atoms with Gasteiger partial charge in [-0.1, -0.05) is 30.3 Å². The maximum atomic E-state index is 11.1. The molecule has 1 heterocycles. The van der Waals surface area contributed by atoms with Gasteiger partial charge in [-0.05, 0) is 5.56 Å². The van der Waals surface area contributed by atoms with Gasteiger partial charge in [-0.3, -0.25) is 9.48 Å². The van der Waals surface area contributed by atoms with E-state index in [4.69, 9.17) is 0 Å². The summed E-state index contributed by atoms with van der Waals surface area (Å²) >= 11 is 3.89. The van der Waals surface area contributed by atoms with Gasteiger partial charge in [-0.2, -0.15) is 17.7 Å². The van der Waals surface area contributed by atoms with E-state index in [1.165, 1.54) is 5.56 Å². The lowest BCUT2D eigenvalue weighted by Gasteiger charge is -2.01. The number of rotatable bonds is 4. The summed E-state index contributed by atoms with van der Waals surface area (Å²) in [5.74, 6) is 0.0386. The van der Waals surface area contributed by atoms with Crippen LogP contribution in [-0.4, -0.2) is 21.4 Å². The number of benzene rings is 1. The molecule has 4 nitrogen and oxygen atoms in total. The van der Waals surface area contributed by atoms with Gasteiger partial charge in [0.15, 0.2) is 0 Å². The molecule has 1 amide bonds. The first-order valence-electron chi connectivity index (χ1n) is 5.25. The average Bonchev–Trinajstić information content (AvgIpc) is 2.77. The van der Waals surface area contributed by atoms with Crippen LogP contribution in [0.5, 0.6) is 0 Å². The minimum absolute atomic E-state index is 0.132. The molecule has 0 aliphatic rings. The Kier molecular flexibility index (Phi) is 3.82. The highest BCUT2D eigenvalue weighted by Gasteiger charge is 2.02. The van der Waals surface area contributed by atoms with E-state index in [-0.39, 0.29) is 11.7 Å². The summed E-state index contributed by atoms with van der Waals surface area (Å²) in [7, 11) is 0. The van der Waals surface area contributed by atoms with Gasteiger partial charge in [0.1, 0.15) is 0 Å². The fraction of sp³-hybridized carbons (Fsp3) is 0.167. The first-order valence-corrected chi connectivity index (χ1v) is 5.88. The maximum absolute atomic E-state index is 11.1. The zero-order valence-electron chi connectivity index (χ0n) is 9.21. The zero-order valence-corrected chi connectivity index (χ0v) is 10.1. The Morgan fingerprint density at radius 3 is 2.82 bits per heavy atom. The van der Waals surface area contributed by atoms with Crippen LogP contribution in [0.15, 0.2) is 42.7 Å². The van der Waals surface area contributed by atoms with Gasteiger partial charge < -0.3 is 5.32 Å². The molecule has 1 aromatic carbocycles. The SMILES string of the molecule is O=C(CS)Nc1cnn(Cc2ccccc2)c1. The molecule has 0 atom stereocenters. The maximum Gasteiger partial charge on any atom is 0.234 e. The largest absolute Gasteiger partial charge is 0.323 e. The molecule has 1 aromatic heterocycles. The number of hydrogen-bond donors (Lipinski definition) is 2. The summed E-state index contributed by atoms with van der Waals surface area (Å²) in [6.45, 7) is 0.692. The van der Waals surface area contributed by atoms with Crippen LogP contribution in [0, 0.1) is 0 Å². The number of carbonyl (C=O) groups excluding carboxylic acids is 1. The number of amides is 1. The van der Waals surface area contributed by atoms with Crippen LogP contribution >= 0.6 is 12.6 Å². The topological polar surface area (TPSA) is 46.9 Å². The highest BCUT2D eigenvalue weighted by atomic mass is 32.1. The van der Waals surface area contributed by atoms with Crippen LogP contribution in [-0.2, 0) is 11.3 Å². The van der Waals surface area contributed by atoms with Gasteiger partial charge in [0.2, 0.25) is 5.91 Å². The lowest BCUT2D eigenvalue weighted by Crippen LogP contribution is -2.11. The van der Waals surface area contributed by atoms with Crippen molar-refractivity contribution >= 4 is 24.2 Å². The summed E-state index contributed by atoms with van der Waals surface area (Å²) < 4.78 is 1.78. The molecule has 1 N–H and O–H groups in total. The standard InChI is InChI=1S/C12H13N3OS/c16-12(9-17)14-11-6-13-15(8-11)7-10-4-2-1-3-5-10/h1-6,8,17H,7,9H2,(H,14,16). The van der Waals surface area contributed by atoms with E-state index in [9.17, 15) is 4.79 Å². The zero-order chi connectivity index (χ0) is 12.1. The molecule has 0 fully saturated rings. The van der Waals surface area contributed by atoms with Crippen LogP contribution < -0.4 is 5.32 Å². The van der Waals surface area contributed by atoms with Gasteiger partial charge in [0.05, 0.1) is 24.2 Å². The molecule has 2 aromatic rings. The van der Waals surface area contributed by atoms with E-state index in [1.54, 1.807) is 17.1 Å². The van der Waals surface area contributed by atoms with Crippen molar-refractivity contribution in [3.8, 4) is 0 Å². The highest BCUT2D eigenvalue weighted by Crippen LogP contribution is 2.07. The Balaban J connectivity index is 2.01. The van der Waals surface area contributed by atoms with Crippen molar-refractivity contribution in [1.82, 2.24) is 9.78 Å². The predicted molar refractivity (Wildman–Crippen MR) is 70.3 cm³/mol. The Labute approximate surface area is 105 Å². The molecule has 88 valence electrons. The fourth-order valence-electron chi connectivity index (χ4n) is 1.49. The lowest BCUT2D eigenvalue weighted by molar-refractivity contribution is -0.113. The highest BCUT2D eigenvalue weighted by molar-refractivity contribution is 7.81. The molecular formula is C12H13N3OS. The molecule has 0 saturated carbocycles. The fourth-order valence-corrected chi connectivity index (χ4v) is 1.56. The minimum atomic E-state index is -0.132. The molecule has 0 radical (unpaired) electrons. The number of nitrogens with zero attached hydrogens (tertiary/aromatic N) is 2.